The average Bonchev–Trinajstić information content (AvgIpc) is 3.05. The lowest BCUT2D eigenvalue weighted by molar-refractivity contribution is -0.116. The fourth-order valence-electron chi connectivity index (χ4n) is 2.71. The van der Waals surface area contributed by atoms with Gasteiger partial charge in [-0.1, -0.05) is 36.5 Å². The Hall–Kier alpha value is -2.40. The van der Waals surface area contributed by atoms with Gasteiger partial charge in [-0.3, -0.25) is 4.79 Å². The van der Waals surface area contributed by atoms with E-state index in [9.17, 15) is 4.79 Å². The van der Waals surface area contributed by atoms with E-state index < -0.39 is 0 Å². The third-order valence-corrected chi connectivity index (χ3v) is 5.42. The standard InChI is InChI=1S/C21H24N2O2S/c1-4-16-8-10-17(11-9-16)25-13-5-6-19(24)22-21-23-20-15(3)14(2)7-12-18(20)26-21/h7-12H,4-6,13H2,1-3H3,(H,22,23,24). The Bertz CT molecular complexity index is 900. The molecule has 0 aliphatic rings. The highest BCUT2D eigenvalue weighted by Gasteiger charge is 2.10. The van der Waals surface area contributed by atoms with Crippen LogP contribution in [0.1, 0.15) is 36.5 Å². The van der Waals surface area contributed by atoms with Gasteiger partial charge >= 0.3 is 0 Å². The van der Waals surface area contributed by atoms with Crippen LogP contribution >= 0.6 is 11.3 Å². The molecule has 3 aromatic rings. The van der Waals surface area contributed by atoms with Gasteiger partial charge in [-0.2, -0.15) is 0 Å². The van der Waals surface area contributed by atoms with Crippen molar-refractivity contribution in [2.24, 2.45) is 0 Å². The van der Waals surface area contributed by atoms with Crippen LogP contribution in [0.25, 0.3) is 10.2 Å². The van der Waals surface area contributed by atoms with Crippen molar-refractivity contribution < 1.29 is 9.53 Å². The third kappa shape index (κ3) is 4.41. The second-order valence-electron chi connectivity index (χ2n) is 6.37. The van der Waals surface area contributed by atoms with E-state index in [0.29, 0.717) is 24.6 Å². The van der Waals surface area contributed by atoms with E-state index in [1.54, 1.807) is 0 Å². The van der Waals surface area contributed by atoms with Gasteiger partial charge in [-0.05, 0) is 61.6 Å². The SMILES string of the molecule is CCc1ccc(OCCCC(=O)Nc2nc3c(C)c(C)ccc3s2)cc1. The first-order chi connectivity index (χ1) is 12.6. The minimum absolute atomic E-state index is 0.0247. The number of carbonyl (C=O) groups is 1. The summed E-state index contributed by atoms with van der Waals surface area (Å²) in [4.78, 5) is 16.7. The fourth-order valence-corrected chi connectivity index (χ4v) is 3.65. The van der Waals surface area contributed by atoms with Crippen LogP contribution in [0.15, 0.2) is 36.4 Å². The zero-order valence-corrected chi connectivity index (χ0v) is 16.3. The van der Waals surface area contributed by atoms with Crippen LogP contribution in [0.4, 0.5) is 5.13 Å². The first kappa shape index (κ1) is 18.4. The monoisotopic (exact) mass is 368 g/mol. The topological polar surface area (TPSA) is 51.2 Å². The Labute approximate surface area is 158 Å². The van der Waals surface area contributed by atoms with Crippen molar-refractivity contribution in [2.45, 2.75) is 40.0 Å². The maximum absolute atomic E-state index is 12.1. The van der Waals surface area contributed by atoms with E-state index in [-0.39, 0.29) is 5.91 Å². The largest absolute Gasteiger partial charge is 0.494 e. The van der Waals surface area contributed by atoms with Crippen LogP contribution < -0.4 is 10.1 Å². The summed E-state index contributed by atoms with van der Waals surface area (Å²) in [5.74, 6) is 0.822. The van der Waals surface area contributed by atoms with Gasteiger partial charge in [-0.25, -0.2) is 4.98 Å². The molecular formula is C21H24N2O2S. The molecule has 2 aromatic carbocycles. The molecule has 26 heavy (non-hydrogen) atoms. The van der Waals surface area contributed by atoms with Gasteiger partial charge in [0.2, 0.25) is 5.91 Å². The second-order valence-corrected chi connectivity index (χ2v) is 7.40. The number of aromatic nitrogens is 1. The number of anilines is 1. The maximum Gasteiger partial charge on any atom is 0.226 e. The van der Waals surface area contributed by atoms with Crippen molar-refractivity contribution in [1.29, 1.82) is 0 Å². The van der Waals surface area contributed by atoms with Crippen molar-refractivity contribution in [3.63, 3.8) is 0 Å². The summed E-state index contributed by atoms with van der Waals surface area (Å²) in [5.41, 5.74) is 4.65. The molecule has 1 heterocycles. The molecule has 0 radical (unpaired) electrons. The van der Waals surface area contributed by atoms with E-state index in [1.165, 1.54) is 28.0 Å². The number of hydrogen-bond acceptors (Lipinski definition) is 4. The van der Waals surface area contributed by atoms with Gasteiger partial charge in [0.15, 0.2) is 5.13 Å². The van der Waals surface area contributed by atoms with Crippen molar-refractivity contribution in [3.05, 3.63) is 53.1 Å². The zero-order valence-electron chi connectivity index (χ0n) is 15.5. The number of amides is 1. The highest BCUT2D eigenvalue weighted by molar-refractivity contribution is 7.22. The number of nitrogens with one attached hydrogen (secondary N) is 1. The summed E-state index contributed by atoms with van der Waals surface area (Å²) in [5, 5.41) is 3.57. The number of nitrogens with zero attached hydrogens (tertiary/aromatic N) is 1. The quantitative estimate of drug-likeness (QED) is 0.578. The molecule has 4 nitrogen and oxygen atoms in total. The minimum Gasteiger partial charge on any atom is -0.494 e. The Morgan fingerprint density at radius 2 is 1.92 bits per heavy atom. The minimum atomic E-state index is -0.0247. The highest BCUT2D eigenvalue weighted by atomic mass is 32.1. The predicted molar refractivity (Wildman–Crippen MR) is 108 cm³/mol. The Morgan fingerprint density at radius 3 is 2.65 bits per heavy atom. The molecule has 1 aromatic heterocycles. The van der Waals surface area contributed by atoms with Crippen molar-refractivity contribution >= 4 is 32.6 Å². The molecule has 0 fully saturated rings. The number of ether oxygens (including phenoxy) is 1. The number of thiazole rings is 1. The van der Waals surface area contributed by atoms with Crippen LogP contribution in [0, 0.1) is 13.8 Å². The molecule has 136 valence electrons. The molecule has 0 saturated heterocycles. The Kier molecular flexibility index (Phi) is 5.89. The van der Waals surface area contributed by atoms with Gasteiger partial charge in [0.25, 0.3) is 0 Å². The van der Waals surface area contributed by atoms with Crippen LogP contribution in [0.5, 0.6) is 5.75 Å². The summed E-state index contributed by atoms with van der Waals surface area (Å²) < 4.78 is 6.79. The first-order valence-electron chi connectivity index (χ1n) is 8.95. The summed E-state index contributed by atoms with van der Waals surface area (Å²) in [7, 11) is 0. The zero-order chi connectivity index (χ0) is 18.5. The van der Waals surface area contributed by atoms with E-state index in [4.69, 9.17) is 4.74 Å². The lowest BCUT2D eigenvalue weighted by Gasteiger charge is -2.06. The number of aryl methyl sites for hydroxylation is 3. The molecule has 0 saturated carbocycles. The van der Waals surface area contributed by atoms with Crippen LogP contribution in [-0.2, 0) is 11.2 Å². The normalized spacial score (nSPS) is 10.9. The van der Waals surface area contributed by atoms with Crippen LogP contribution in [0.2, 0.25) is 0 Å². The first-order valence-corrected chi connectivity index (χ1v) is 9.77. The van der Waals surface area contributed by atoms with Gasteiger partial charge in [-0.15, -0.1) is 0 Å². The molecule has 0 bridgehead atoms. The second kappa shape index (κ2) is 8.32. The molecule has 0 aliphatic carbocycles. The van der Waals surface area contributed by atoms with Gasteiger partial charge < -0.3 is 10.1 Å². The smallest absolute Gasteiger partial charge is 0.226 e. The van der Waals surface area contributed by atoms with Crippen molar-refractivity contribution in [2.75, 3.05) is 11.9 Å². The third-order valence-electron chi connectivity index (χ3n) is 4.48. The number of hydrogen-bond donors (Lipinski definition) is 1. The number of rotatable bonds is 7. The molecule has 3 rings (SSSR count). The van der Waals surface area contributed by atoms with Gasteiger partial charge in [0.1, 0.15) is 5.75 Å². The summed E-state index contributed by atoms with van der Waals surface area (Å²) in [6.07, 6.45) is 2.11. The van der Waals surface area contributed by atoms with Crippen molar-refractivity contribution in [3.8, 4) is 5.75 Å². The lowest BCUT2D eigenvalue weighted by atomic mass is 10.1. The van der Waals surface area contributed by atoms with E-state index >= 15 is 0 Å². The van der Waals surface area contributed by atoms with E-state index in [2.05, 4.69) is 55.3 Å². The molecular weight excluding hydrogens is 344 g/mol. The summed E-state index contributed by atoms with van der Waals surface area (Å²) in [6.45, 7) is 6.79. The van der Waals surface area contributed by atoms with E-state index in [1.807, 2.05) is 12.1 Å². The number of carbonyl (C=O) groups excluding carboxylic acids is 1. The van der Waals surface area contributed by atoms with Crippen molar-refractivity contribution in [1.82, 2.24) is 4.98 Å². The maximum atomic E-state index is 12.1. The Balaban J connectivity index is 1.47. The highest BCUT2D eigenvalue weighted by Crippen LogP contribution is 2.29. The Morgan fingerprint density at radius 1 is 1.15 bits per heavy atom. The van der Waals surface area contributed by atoms with Gasteiger partial charge in [0, 0.05) is 6.42 Å². The molecule has 5 heteroatoms. The number of benzene rings is 2. The molecule has 0 spiro atoms. The summed E-state index contributed by atoms with van der Waals surface area (Å²) >= 11 is 1.51. The molecule has 0 unspecified atom stereocenters. The van der Waals surface area contributed by atoms with Gasteiger partial charge in [0.05, 0.1) is 16.8 Å². The molecule has 0 aliphatic heterocycles. The lowest BCUT2D eigenvalue weighted by Crippen LogP contribution is -2.12. The van der Waals surface area contributed by atoms with Crippen LogP contribution in [0.3, 0.4) is 0 Å². The van der Waals surface area contributed by atoms with Crippen LogP contribution in [-0.4, -0.2) is 17.5 Å². The predicted octanol–water partition coefficient (Wildman–Crippen LogP) is 5.27. The number of fused-ring (bicyclic) bond motifs is 1. The average molecular weight is 369 g/mol. The fraction of sp³-hybridized carbons (Fsp3) is 0.333. The molecule has 1 amide bonds. The van der Waals surface area contributed by atoms with E-state index in [0.717, 1.165) is 22.4 Å². The summed E-state index contributed by atoms with van der Waals surface area (Å²) in [6, 6.07) is 12.2. The molecule has 0 atom stereocenters. The molecule has 1 N–H and O–H groups in total.